The van der Waals surface area contributed by atoms with Crippen molar-refractivity contribution in [1.29, 1.82) is 0 Å². The number of hydrogen-bond donors (Lipinski definition) is 1. The number of rotatable bonds is 6. The Morgan fingerprint density at radius 3 is 2.79 bits per heavy atom. The number of amides is 1. The van der Waals surface area contributed by atoms with Crippen molar-refractivity contribution in [2.45, 2.75) is 37.6 Å². The molecule has 1 saturated heterocycles. The average molecular weight is 410 g/mol. The van der Waals surface area contributed by atoms with E-state index in [2.05, 4.69) is 10.3 Å². The molecule has 1 atom stereocenters. The summed E-state index contributed by atoms with van der Waals surface area (Å²) in [4.78, 5) is 30.1. The Kier molecular flexibility index (Phi) is 5.97. The Bertz CT molecular complexity index is 1070. The molecule has 0 aliphatic carbocycles. The van der Waals surface area contributed by atoms with Gasteiger partial charge in [-0.05, 0) is 44.0 Å². The smallest absolute Gasteiger partial charge is 0.262 e. The van der Waals surface area contributed by atoms with Gasteiger partial charge in [0.25, 0.3) is 5.56 Å². The second-order valence-corrected chi connectivity index (χ2v) is 8.11. The number of aryl methyl sites for hydroxylation is 1. The van der Waals surface area contributed by atoms with Crippen LogP contribution >= 0.6 is 11.8 Å². The molecule has 2 heterocycles. The van der Waals surface area contributed by atoms with Gasteiger partial charge in [0, 0.05) is 12.3 Å². The Morgan fingerprint density at radius 1 is 1.24 bits per heavy atom. The molecule has 2 aromatic carbocycles. The van der Waals surface area contributed by atoms with Gasteiger partial charge in [0.1, 0.15) is 0 Å². The van der Waals surface area contributed by atoms with Gasteiger partial charge in [0.05, 0.1) is 29.3 Å². The number of ether oxygens (including phenoxy) is 1. The van der Waals surface area contributed by atoms with Gasteiger partial charge >= 0.3 is 0 Å². The highest BCUT2D eigenvalue weighted by Gasteiger charge is 2.20. The van der Waals surface area contributed by atoms with Crippen LogP contribution in [-0.4, -0.2) is 33.9 Å². The van der Waals surface area contributed by atoms with Crippen molar-refractivity contribution in [3.8, 4) is 0 Å². The molecule has 6 nitrogen and oxygen atoms in total. The van der Waals surface area contributed by atoms with Gasteiger partial charge in [-0.1, -0.05) is 41.6 Å². The molecule has 4 rings (SSSR count). The topological polar surface area (TPSA) is 73.2 Å². The van der Waals surface area contributed by atoms with Crippen molar-refractivity contribution in [3.63, 3.8) is 0 Å². The van der Waals surface area contributed by atoms with Crippen LogP contribution < -0.4 is 10.9 Å². The Morgan fingerprint density at radius 2 is 2.03 bits per heavy atom. The van der Waals surface area contributed by atoms with Crippen molar-refractivity contribution < 1.29 is 9.53 Å². The zero-order valence-electron chi connectivity index (χ0n) is 16.3. The number of thioether (sulfide) groups is 1. The molecule has 0 radical (unpaired) electrons. The van der Waals surface area contributed by atoms with E-state index in [-0.39, 0.29) is 23.3 Å². The predicted octanol–water partition coefficient (Wildman–Crippen LogP) is 3.61. The highest BCUT2D eigenvalue weighted by molar-refractivity contribution is 7.99. The number of anilines is 1. The molecule has 1 amide bonds. The number of nitrogens with one attached hydrogen (secondary N) is 1. The summed E-state index contributed by atoms with van der Waals surface area (Å²) >= 11 is 1.27. The third-order valence-corrected chi connectivity index (χ3v) is 5.88. The monoisotopic (exact) mass is 409 g/mol. The lowest BCUT2D eigenvalue weighted by molar-refractivity contribution is -0.113. The lowest BCUT2D eigenvalue weighted by atomic mass is 10.2. The Labute approximate surface area is 173 Å². The van der Waals surface area contributed by atoms with E-state index < -0.39 is 0 Å². The highest BCUT2D eigenvalue weighted by atomic mass is 32.2. The van der Waals surface area contributed by atoms with E-state index in [0.29, 0.717) is 22.6 Å². The summed E-state index contributed by atoms with van der Waals surface area (Å²) in [5.41, 5.74) is 2.44. The fraction of sp³-hybridized carbons (Fsp3) is 0.318. The van der Waals surface area contributed by atoms with Crippen LogP contribution in [0.15, 0.2) is 58.5 Å². The van der Waals surface area contributed by atoms with Gasteiger partial charge in [-0.3, -0.25) is 14.2 Å². The van der Waals surface area contributed by atoms with Gasteiger partial charge in [-0.2, -0.15) is 0 Å². The maximum absolute atomic E-state index is 13.1. The minimum Gasteiger partial charge on any atom is -0.376 e. The number of benzene rings is 2. The molecule has 150 valence electrons. The van der Waals surface area contributed by atoms with E-state index in [1.54, 1.807) is 10.6 Å². The van der Waals surface area contributed by atoms with Crippen LogP contribution in [0.1, 0.15) is 18.4 Å². The number of para-hydroxylation sites is 1. The van der Waals surface area contributed by atoms with Crippen molar-refractivity contribution >= 4 is 34.3 Å². The summed E-state index contributed by atoms with van der Waals surface area (Å²) in [5.74, 6) is 0.0365. The summed E-state index contributed by atoms with van der Waals surface area (Å²) in [6, 6.07) is 15.0. The first kappa shape index (κ1) is 19.7. The van der Waals surface area contributed by atoms with Crippen LogP contribution in [0, 0.1) is 6.92 Å². The molecule has 0 spiro atoms. The van der Waals surface area contributed by atoms with Gasteiger partial charge < -0.3 is 10.1 Å². The summed E-state index contributed by atoms with van der Waals surface area (Å²) in [6.45, 7) is 3.18. The second-order valence-electron chi connectivity index (χ2n) is 7.17. The fourth-order valence-corrected chi connectivity index (χ4v) is 4.18. The molecule has 1 aliphatic heterocycles. The number of aromatic nitrogens is 2. The van der Waals surface area contributed by atoms with Crippen LogP contribution in [0.4, 0.5) is 5.69 Å². The molecule has 0 saturated carbocycles. The molecule has 29 heavy (non-hydrogen) atoms. The summed E-state index contributed by atoms with van der Waals surface area (Å²) in [5, 5.41) is 4.01. The minimum absolute atomic E-state index is 0.0106. The lowest BCUT2D eigenvalue weighted by Crippen LogP contribution is -2.29. The first-order valence-electron chi connectivity index (χ1n) is 9.70. The van der Waals surface area contributed by atoms with Crippen LogP contribution in [0.2, 0.25) is 0 Å². The van der Waals surface area contributed by atoms with E-state index >= 15 is 0 Å². The molecule has 1 fully saturated rings. The summed E-state index contributed by atoms with van der Waals surface area (Å²) < 4.78 is 7.37. The Balaban J connectivity index is 1.55. The average Bonchev–Trinajstić information content (AvgIpc) is 3.24. The van der Waals surface area contributed by atoms with Crippen molar-refractivity contribution in [3.05, 3.63) is 64.4 Å². The van der Waals surface area contributed by atoms with E-state index in [4.69, 9.17) is 4.74 Å². The predicted molar refractivity (Wildman–Crippen MR) is 116 cm³/mol. The van der Waals surface area contributed by atoms with E-state index in [0.717, 1.165) is 30.7 Å². The largest absolute Gasteiger partial charge is 0.376 e. The van der Waals surface area contributed by atoms with Gasteiger partial charge in [0.15, 0.2) is 5.16 Å². The number of carbonyl (C=O) groups excluding carboxylic acids is 1. The van der Waals surface area contributed by atoms with Crippen molar-refractivity contribution in [2.75, 3.05) is 17.7 Å². The third kappa shape index (κ3) is 4.68. The first-order valence-corrected chi connectivity index (χ1v) is 10.7. The maximum atomic E-state index is 13.1. The van der Waals surface area contributed by atoms with Gasteiger partial charge in [-0.15, -0.1) is 0 Å². The molecule has 0 unspecified atom stereocenters. The van der Waals surface area contributed by atoms with Gasteiger partial charge in [0.2, 0.25) is 5.91 Å². The standard InChI is InChI=1S/C22H23N3O3S/c1-15-8-10-16(11-9-15)23-20(26)14-29-22-24-19-7-3-2-6-18(19)21(27)25(22)13-17-5-4-12-28-17/h2-3,6-11,17H,4-5,12-14H2,1H3,(H,23,26)/t17-/m0/s1. The minimum atomic E-state index is -0.134. The molecule has 1 aliphatic rings. The van der Waals surface area contributed by atoms with Crippen molar-refractivity contribution in [1.82, 2.24) is 9.55 Å². The molecular formula is C22H23N3O3S. The fourth-order valence-electron chi connectivity index (χ4n) is 3.37. The SMILES string of the molecule is Cc1ccc(NC(=O)CSc2nc3ccccc3c(=O)n2C[C@@H]2CCCO2)cc1. The first-order chi connectivity index (χ1) is 14.1. The molecule has 7 heteroatoms. The van der Waals surface area contributed by atoms with Crippen LogP contribution in [-0.2, 0) is 16.1 Å². The van der Waals surface area contributed by atoms with Crippen molar-refractivity contribution in [2.24, 2.45) is 0 Å². The molecule has 1 N–H and O–H groups in total. The highest BCUT2D eigenvalue weighted by Crippen LogP contribution is 2.21. The number of carbonyl (C=O) groups is 1. The molecule has 3 aromatic rings. The second kappa shape index (κ2) is 8.80. The lowest BCUT2D eigenvalue weighted by Gasteiger charge is -2.16. The van der Waals surface area contributed by atoms with Gasteiger partial charge in [-0.25, -0.2) is 4.98 Å². The zero-order chi connectivity index (χ0) is 20.2. The number of nitrogens with zero attached hydrogens (tertiary/aromatic N) is 2. The molecular weight excluding hydrogens is 386 g/mol. The quantitative estimate of drug-likeness (QED) is 0.497. The maximum Gasteiger partial charge on any atom is 0.262 e. The van der Waals surface area contributed by atoms with E-state index in [1.807, 2.05) is 49.4 Å². The third-order valence-electron chi connectivity index (χ3n) is 4.90. The molecule has 0 bridgehead atoms. The van der Waals surface area contributed by atoms with E-state index in [9.17, 15) is 9.59 Å². The van der Waals surface area contributed by atoms with Crippen LogP contribution in [0.25, 0.3) is 10.9 Å². The number of fused-ring (bicyclic) bond motifs is 1. The van der Waals surface area contributed by atoms with Crippen LogP contribution in [0.3, 0.4) is 0 Å². The number of hydrogen-bond acceptors (Lipinski definition) is 5. The summed E-state index contributed by atoms with van der Waals surface area (Å²) in [7, 11) is 0. The molecule has 1 aromatic heterocycles. The van der Waals surface area contributed by atoms with E-state index in [1.165, 1.54) is 11.8 Å². The van der Waals surface area contributed by atoms with Crippen LogP contribution in [0.5, 0.6) is 0 Å². The Hall–Kier alpha value is -2.64. The zero-order valence-corrected chi connectivity index (χ0v) is 17.1. The summed E-state index contributed by atoms with van der Waals surface area (Å²) in [6.07, 6.45) is 1.94. The normalized spacial score (nSPS) is 16.2.